The number of hydrogen-bond acceptors (Lipinski definition) is 5. The maximum absolute atomic E-state index is 12.7. The van der Waals surface area contributed by atoms with E-state index in [4.69, 9.17) is 0 Å². The molecule has 9 heteroatoms. The van der Waals surface area contributed by atoms with Gasteiger partial charge in [0.1, 0.15) is 0 Å². The zero-order valence-electron chi connectivity index (χ0n) is 15.9. The molecule has 0 saturated carbocycles. The molecule has 0 atom stereocenters. The fourth-order valence-electron chi connectivity index (χ4n) is 2.75. The van der Waals surface area contributed by atoms with Gasteiger partial charge in [0, 0.05) is 25.9 Å². The molecule has 2 N–H and O–H groups in total. The van der Waals surface area contributed by atoms with Crippen LogP contribution in [0.2, 0.25) is 0 Å². The lowest BCUT2D eigenvalue weighted by molar-refractivity contribution is -0.126. The van der Waals surface area contributed by atoms with Gasteiger partial charge in [-0.1, -0.05) is 17.7 Å². The van der Waals surface area contributed by atoms with E-state index in [1.54, 1.807) is 31.2 Å². The third kappa shape index (κ3) is 5.86. The number of hydrogen-bond donors (Lipinski definition) is 2. The Balaban J connectivity index is 1.89. The lowest BCUT2D eigenvalue weighted by Gasteiger charge is -2.30. The number of nitrogens with zero attached hydrogens (tertiary/aromatic N) is 2. The third-order valence-electron chi connectivity index (χ3n) is 4.43. The Morgan fingerprint density at radius 2 is 1.74 bits per heavy atom. The highest BCUT2D eigenvalue weighted by Gasteiger charge is 2.32. The molecule has 0 radical (unpaired) electrons. The van der Waals surface area contributed by atoms with Crippen LogP contribution in [0.3, 0.4) is 0 Å². The predicted molar refractivity (Wildman–Crippen MR) is 103 cm³/mol. The lowest BCUT2D eigenvalue weighted by atomic mass is 9.98. The van der Waals surface area contributed by atoms with Crippen LogP contribution >= 0.6 is 0 Å². The van der Waals surface area contributed by atoms with Crippen LogP contribution in [-0.2, 0) is 19.6 Å². The summed E-state index contributed by atoms with van der Waals surface area (Å²) < 4.78 is 26.8. The van der Waals surface area contributed by atoms with E-state index >= 15 is 0 Å². The topological polar surface area (TPSA) is 108 Å². The Labute approximate surface area is 160 Å². The van der Waals surface area contributed by atoms with Gasteiger partial charge in [0.05, 0.1) is 17.2 Å². The number of carbonyl (C=O) groups is 2. The SMILES string of the molecule is CC(=O)NC/C(C)=N\NC(=O)C1CCN(S(=O)(=O)c2ccc(C)cc2)CC1. The van der Waals surface area contributed by atoms with Gasteiger partial charge in [0.2, 0.25) is 21.8 Å². The van der Waals surface area contributed by atoms with E-state index in [1.165, 1.54) is 11.2 Å². The summed E-state index contributed by atoms with van der Waals surface area (Å²) in [6.07, 6.45) is 0.883. The fourth-order valence-corrected chi connectivity index (χ4v) is 4.22. The second-order valence-electron chi connectivity index (χ2n) is 6.72. The number of sulfonamides is 1. The van der Waals surface area contributed by atoms with Crippen molar-refractivity contribution < 1.29 is 18.0 Å². The first kappa shape index (κ1) is 21.0. The number of aryl methyl sites for hydroxylation is 1. The Bertz CT molecular complexity index is 810. The first-order chi connectivity index (χ1) is 12.7. The van der Waals surface area contributed by atoms with E-state index in [1.807, 2.05) is 6.92 Å². The summed E-state index contributed by atoms with van der Waals surface area (Å²) in [7, 11) is -3.54. The summed E-state index contributed by atoms with van der Waals surface area (Å²) in [4.78, 5) is 23.4. The van der Waals surface area contributed by atoms with Gasteiger partial charge >= 0.3 is 0 Å². The Hall–Kier alpha value is -2.26. The molecular weight excluding hydrogens is 368 g/mol. The average molecular weight is 394 g/mol. The van der Waals surface area contributed by atoms with Gasteiger partial charge in [-0.2, -0.15) is 9.41 Å². The lowest BCUT2D eigenvalue weighted by Crippen LogP contribution is -2.42. The zero-order chi connectivity index (χ0) is 20.0. The van der Waals surface area contributed by atoms with Crippen LogP contribution < -0.4 is 10.7 Å². The second-order valence-corrected chi connectivity index (χ2v) is 8.66. The molecule has 2 rings (SSSR count). The Morgan fingerprint density at radius 1 is 1.15 bits per heavy atom. The van der Waals surface area contributed by atoms with Crippen molar-refractivity contribution in [3.8, 4) is 0 Å². The fraction of sp³-hybridized carbons (Fsp3) is 0.500. The number of rotatable bonds is 6. The molecule has 0 aromatic heterocycles. The van der Waals surface area contributed by atoms with Crippen molar-refractivity contribution in [2.24, 2.45) is 11.0 Å². The molecule has 1 heterocycles. The van der Waals surface area contributed by atoms with E-state index in [0.29, 0.717) is 31.6 Å². The first-order valence-corrected chi connectivity index (χ1v) is 10.3. The average Bonchev–Trinajstić information content (AvgIpc) is 2.64. The quantitative estimate of drug-likeness (QED) is 0.555. The Kier molecular flexibility index (Phi) is 7.09. The smallest absolute Gasteiger partial charge is 0.243 e. The van der Waals surface area contributed by atoms with Crippen molar-refractivity contribution in [2.45, 2.75) is 38.5 Å². The number of nitrogens with one attached hydrogen (secondary N) is 2. The van der Waals surface area contributed by atoms with E-state index in [0.717, 1.165) is 5.56 Å². The molecular formula is C18H26N4O4S. The highest BCUT2D eigenvalue weighted by molar-refractivity contribution is 7.89. The number of benzene rings is 1. The van der Waals surface area contributed by atoms with Gasteiger partial charge in [0.25, 0.3) is 0 Å². The normalized spacial score (nSPS) is 16.8. The number of piperidine rings is 1. The molecule has 148 valence electrons. The maximum atomic E-state index is 12.7. The minimum atomic E-state index is -3.54. The van der Waals surface area contributed by atoms with Gasteiger partial charge < -0.3 is 5.32 Å². The molecule has 1 aromatic carbocycles. The molecule has 0 unspecified atom stereocenters. The zero-order valence-corrected chi connectivity index (χ0v) is 16.7. The maximum Gasteiger partial charge on any atom is 0.243 e. The summed E-state index contributed by atoms with van der Waals surface area (Å²) in [6, 6.07) is 6.76. The van der Waals surface area contributed by atoms with Crippen LogP contribution in [0.5, 0.6) is 0 Å². The van der Waals surface area contributed by atoms with Crippen molar-refractivity contribution in [2.75, 3.05) is 19.6 Å². The van der Waals surface area contributed by atoms with Gasteiger partial charge in [-0.15, -0.1) is 0 Å². The van der Waals surface area contributed by atoms with Crippen LogP contribution in [0.1, 0.15) is 32.3 Å². The van der Waals surface area contributed by atoms with Crippen LogP contribution in [0.15, 0.2) is 34.3 Å². The van der Waals surface area contributed by atoms with Crippen molar-refractivity contribution in [1.29, 1.82) is 0 Å². The standard InChI is InChI=1S/C18H26N4O4S/c1-13-4-6-17(7-5-13)27(25,26)22-10-8-16(9-11-22)18(24)21-20-14(2)12-19-15(3)23/h4-7,16H,8-12H2,1-3H3,(H,19,23)(H,21,24)/b20-14-. The summed E-state index contributed by atoms with van der Waals surface area (Å²) in [5.74, 6) is -0.686. The molecule has 0 bridgehead atoms. The summed E-state index contributed by atoms with van der Waals surface area (Å²) in [6.45, 7) is 5.87. The molecule has 0 aliphatic carbocycles. The van der Waals surface area contributed by atoms with Gasteiger partial charge in [-0.25, -0.2) is 13.8 Å². The van der Waals surface area contributed by atoms with Crippen LogP contribution in [0.25, 0.3) is 0 Å². The first-order valence-electron chi connectivity index (χ1n) is 8.84. The highest BCUT2D eigenvalue weighted by Crippen LogP contribution is 2.24. The van der Waals surface area contributed by atoms with Crippen LogP contribution in [-0.4, -0.2) is 49.9 Å². The van der Waals surface area contributed by atoms with Crippen LogP contribution in [0, 0.1) is 12.8 Å². The molecule has 2 amide bonds. The van der Waals surface area contributed by atoms with Gasteiger partial charge in [-0.05, 0) is 38.8 Å². The predicted octanol–water partition coefficient (Wildman–Crippen LogP) is 1.02. The molecule has 1 aromatic rings. The number of carbonyl (C=O) groups excluding carboxylic acids is 2. The summed E-state index contributed by atoms with van der Waals surface area (Å²) in [5.41, 5.74) is 4.08. The number of hydrazone groups is 1. The van der Waals surface area contributed by atoms with E-state index in [2.05, 4.69) is 15.8 Å². The molecule has 1 aliphatic rings. The minimum absolute atomic E-state index is 0.168. The van der Waals surface area contributed by atoms with Gasteiger partial charge in [0.15, 0.2) is 0 Å². The summed E-state index contributed by atoms with van der Waals surface area (Å²) in [5, 5.41) is 6.56. The largest absolute Gasteiger partial charge is 0.351 e. The molecule has 8 nitrogen and oxygen atoms in total. The molecule has 1 saturated heterocycles. The Morgan fingerprint density at radius 3 is 2.30 bits per heavy atom. The molecule has 1 fully saturated rings. The van der Waals surface area contributed by atoms with Crippen molar-refractivity contribution in [3.63, 3.8) is 0 Å². The minimum Gasteiger partial charge on any atom is -0.351 e. The van der Waals surface area contributed by atoms with Crippen molar-refractivity contribution in [3.05, 3.63) is 29.8 Å². The van der Waals surface area contributed by atoms with Crippen molar-refractivity contribution >= 4 is 27.5 Å². The number of amides is 2. The molecule has 0 spiro atoms. The van der Waals surface area contributed by atoms with Crippen molar-refractivity contribution in [1.82, 2.24) is 15.0 Å². The third-order valence-corrected chi connectivity index (χ3v) is 6.35. The molecule has 27 heavy (non-hydrogen) atoms. The van der Waals surface area contributed by atoms with E-state index in [9.17, 15) is 18.0 Å². The van der Waals surface area contributed by atoms with E-state index in [-0.39, 0.29) is 29.2 Å². The van der Waals surface area contributed by atoms with Gasteiger partial charge in [-0.3, -0.25) is 9.59 Å². The summed E-state index contributed by atoms with van der Waals surface area (Å²) >= 11 is 0. The highest BCUT2D eigenvalue weighted by atomic mass is 32.2. The van der Waals surface area contributed by atoms with Crippen LogP contribution in [0.4, 0.5) is 0 Å². The van der Waals surface area contributed by atoms with E-state index < -0.39 is 10.0 Å². The molecule has 1 aliphatic heterocycles. The monoisotopic (exact) mass is 394 g/mol. The second kappa shape index (κ2) is 9.09.